The minimum Gasteiger partial charge on any atom is -0.496 e. The molecule has 2 aliphatic heterocycles. The van der Waals surface area contributed by atoms with Crippen LogP contribution in [0.15, 0.2) is 18.2 Å². The van der Waals surface area contributed by atoms with Crippen LogP contribution in [0.25, 0.3) is 0 Å². The molecule has 2 aliphatic rings. The van der Waals surface area contributed by atoms with Crippen molar-refractivity contribution in [2.75, 3.05) is 38.0 Å². The van der Waals surface area contributed by atoms with Gasteiger partial charge >= 0.3 is 0 Å². The van der Waals surface area contributed by atoms with Crippen LogP contribution < -0.4 is 4.74 Å². The molecule has 0 bridgehead atoms. The Bertz CT molecular complexity index is 867. The fourth-order valence-corrected chi connectivity index (χ4v) is 7.03. The maximum Gasteiger partial charge on any atom is 0.211 e. The van der Waals surface area contributed by atoms with E-state index in [2.05, 4.69) is 4.90 Å². The number of piperazine rings is 1. The Hall–Kier alpha value is -1.16. The fraction of sp³-hybridized carbons (Fsp3) is 0.625. The van der Waals surface area contributed by atoms with Gasteiger partial charge in [-0.05, 0) is 18.6 Å². The van der Waals surface area contributed by atoms with Crippen molar-refractivity contribution in [3.8, 4) is 5.75 Å². The van der Waals surface area contributed by atoms with Gasteiger partial charge in [0.15, 0.2) is 9.84 Å². The molecule has 9 heteroatoms. The molecule has 0 unspecified atom stereocenters. The van der Waals surface area contributed by atoms with Gasteiger partial charge in [0.1, 0.15) is 5.75 Å². The van der Waals surface area contributed by atoms with Gasteiger partial charge < -0.3 is 4.74 Å². The standard InChI is InChI=1S/C16H24N2O5S2/c1-12-4-5-13(16(8-12)23-2)9-17-6-7-18(24(3,19)20)15-11-25(21,22)10-14(15)17/h4-5,8,14-15H,6-7,9-11H2,1-3H3/t14-,15+/m0/s1. The SMILES string of the molecule is COc1cc(C)ccc1CN1CCN(S(C)(=O)=O)[C@@H]2CS(=O)(=O)C[C@@H]21. The van der Waals surface area contributed by atoms with Crippen LogP contribution in [-0.2, 0) is 26.4 Å². The van der Waals surface area contributed by atoms with Crippen molar-refractivity contribution in [1.29, 1.82) is 0 Å². The summed E-state index contributed by atoms with van der Waals surface area (Å²) in [5.74, 6) is 0.660. The molecule has 2 atom stereocenters. The predicted molar refractivity (Wildman–Crippen MR) is 95.9 cm³/mol. The van der Waals surface area contributed by atoms with E-state index in [1.807, 2.05) is 25.1 Å². The van der Waals surface area contributed by atoms with Crippen molar-refractivity contribution in [2.45, 2.75) is 25.6 Å². The number of fused-ring (bicyclic) bond motifs is 1. The van der Waals surface area contributed by atoms with Crippen LogP contribution in [-0.4, -0.2) is 76.1 Å². The molecular weight excluding hydrogens is 364 g/mol. The molecule has 1 aromatic carbocycles. The Morgan fingerprint density at radius 3 is 2.52 bits per heavy atom. The predicted octanol–water partition coefficient (Wildman–Crippen LogP) is 0.246. The second-order valence-corrected chi connectivity index (χ2v) is 11.0. The zero-order valence-electron chi connectivity index (χ0n) is 14.7. The summed E-state index contributed by atoms with van der Waals surface area (Å²) in [6.45, 7) is 3.33. The quantitative estimate of drug-likeness (QED) is 0.735. The molecule has 0 spiro atoms. The number of rotatable bonds is 4. The number of aryl methyl sites for hydroxylation is 1. The largest absolute Gasteiger partial charge is 0.496 e. The molecule has 1 aromatic rings. The Kier molecular flexibility index (Phi) is 4.87. The topological polar surface area (TPSA) is 84.0 Å². The molecule has 0 aliphatic carbocycles. The minimum absolute atomic E-state index is 0.00212. The zero-order valence-corrected chi connectivity index (χ0v) is 16.3. The van der Waals surface area contributed by atoms with Crippen LogP contribution in [0.5, 0.6) is 5.75 Å². The van der Waals surface area contributed by atoms with Crippen molar-refractivity contribution in [3.05, 3.63) is 29.3 Å². The lowest BCUT2D eigenvalue weighted by molar-refractivity contribution is 0.0888. The average Bonchev–Trinajstić information content (AvgIpc) is 2.83. The molecule has 2 saturated heterocycles. The number of hydrogen-bond donors (Lipinski definition) is 0. The number of nitrogens with zero attached hydrogens (tertiary/aromatic N) is 2. The Morgan fingerprint density at radius 1 is 1.20 bits per heavy atom. The van der Waals surface area contributed by atoms with Crippen LogP contribution in [0, 0.1) is 6.92 Å². The van der Waals surface area contributed by atoms with E-state index in [0.717, 1.165) is 23.1 Å². The molecule has 0 N–H and O–H groups in total. The first kappa shape index (κ1) is 18.6. The maximum atomic E-state index is 12.2. The maximum absolute atomic E-state index is 12.2. The third kappa shape index (κ3) is 3.84. The molecule has 140 valence electrons. The molecule has 0 amide bonds. The van der Waals surface area contributed by atoms with E-state index in [4.69, 9.17) is 4.74 Å². The molecule has 2 heterocycles. The molecule has 0 aromatic heterocycles. The summed E-state index contributed by atoms with van der Waals surface area (Å²) in [5.41, 5.74) is 2.06. The van der Waals surface area contributed by atoms with Gasteiger partial charge in [-0.2, -0.15) is 4.31 Å². The Labute approximate surface area is 149 Å². The second kappa shape index (κ2) is 6.53. The normalized spacial score (nSPS) is 27.2. The Morgan fingerprint density at radius 2 is 1.88 bits per heavy atom. The lowest BCUT2D eigenvalue weighted by Gasteiger charge is -2.42. The first-order valence-corrected chi connectivity index (χ1v) is 11.8. The molecule has 0 saturated carbocycles. The smallest absolute Gasteiger partial charge is 0.211 e. The second-order valence-electron chi connectivity index (χ2n) is 6.87. The highest BCUT2D eigenvalue weighted by Gasteiger charge is 2.49. The molecule has 7 nitrogen and oxygen atoms in total. The highest BCUT2D eigenvalue weighted by molar-refractivity contribution is 7.92. The van der Waals surface area contributed by atoms with Crippen molar-refractivity contribution >= 4 is 19.9 Å². The van der Waals surface area contributed by atoms with Gasteiger partial charge in [0.05, 0.1) is 30.9 Å². The first-order valence-electron chi connectivity index (χ1n) is 8.15. The van der Waals surface area contributed by atoms with Gasteiger partial charge in [0.2, 0.25) is 10.0 Å². The van der Waals surface area contributed by atoms with E-state index in [1.54, 1.807) is 7.11 Å². The van der Waals surface area contributed by atoms with Gasteiger partial charge in [-0.3, -0.25) is 4.90 Å². The van der Waals surface area contributed by atoms with E-state index in [0.29, 0.717) is 19.6 Å². The van der Waals surface area contributed by atoms with E-state index in [1.165, 1.54) is 4.31 Å². The van der Waals surface area contributed by atoms with E-state index >= 15 is 0 Å². The van der Waals surface area contributed by atoms with Gasteiger partial charge in [-0.25, -0.2) is 16.8 Å². The number of benzene rings is 1. The van der Waals surface area contributed by atoms with Crippen LogP contribution >= 0.6 is 0 Å². The lowest BCUT2D eigenvalue weighted by atomic mass is 10.0. The van der Waals surface area contributed by atoms with Crippen molar-refractivity contribution in [3.63, 3.8) is 0 Å². The number of ether oxygens (including phenoxy) is 1. The summed E-state index contributed by atoms with van der Waals surface area (Å²) >= 11 is 0. The molecule has 0 radical (unpaired) electrons. The van der Waals surface area contributed by atoms with Gasteiger partial charge in [0, 0.05) is 31.2 Å². The van der Waals surface area contributed by atoms with E-state index in [9.17, 15) is 16.8 Å². The van der Waals surface area contributed by atoms with Crippen molar-refractivity contribution in [1.82, 2.24) is 9.21 Å². The summed E-state index contributed by atoms with van der Waals surface area (Å²) < 4.78 is 55.2. The number of sulfone groups is 1. The zero-order chi connectivity index (χ0) is 18.4. The van der Waals surface area contributed by atoms with E-state index in [-0.39, 0.29) is 17.5 Å². The summed E-state index contributed by atoms with van der Waals surface area (Å²) in [6.07, 6.45) is 1.15. The monoisotopic (exact) mass is 388 g/mol. The third-order valence-electron chi connectivity index (χ3n) is 4.98. The average molecular weight is 389 g/mol. The third-order valence-corrected chi connectivity index (χ3v) is 7.99. The highest BCUT2D eigenvalue weighted by atomic mass is 32.2. The van der Waals surface area contributed by atoms with Crippen LogP contribution in [0.2, 0.25) is 0 Å². The first-order chi connectivity index (χ1) is 11.6. The fourth-order valence-electron chi connectivity index (χ4n) is 3.80. The van der Waals surface area contributed by atoms with Gasteiger partial charge in [0.25, 0.3) is 0 Å². The molecule has 2 fully saturated rings. The van der Waals surface area contributed by atoms with Crippen molar-refractivity contribution < 1.29 is 21.6 Å². The van der Waals surface area contributed by atoms with Gasteiger partial charge in [-0.1, -0.05) is 12.1 Å². The van der Waals surface area contributed by atoms with Crippen molar-refractivity contribution in [2.24, 2.45) is 0 Å². The summed E-state index contributed by atoms with van der Waals surface area (Å²) in [4.78, 5) is 2.07. The molecule has 3 rings (SSSR count). The van der Waals surface area contributed by atoms with Crippen LogP contribution in [0.4, 0.5) is 0 Å². The minimum atomic E-state index is -3.43. The lowest BCUT2D eigenvalue weighted by Crippen LogP contribution is -2.59. The number of sulfonamides is 1. The highest BCUT2D eigenvalue weighted by Crippen LogP contribution is 2.31. The number of methoxy groups -OCH3 is 1. The van der Waals surface area contributed by atoms with Crippen LogP contribution in [0.3, 0.4) is 0 Å². The summed E-state index contributed by atoms with van der Waals surface area (Å²) in [5, 5.41) is 0. The van der Waals surface area contributed by atoms with Crippen LogP contribution in [0.1, 0.15) is 11.1 Å². The van der Waals surface area contributed by atoms with Gasteiger partial charge in [-0.15, -0.1) is 0 Å². The summed E-state index contributed by atoms with van der Waals surface area (Å²) in [7, 11) is -5.06. The summed E-state index contributed by atoms with van der Waals surface area (Å²) in [6, 6.07) is 5.10. The molecule has 25 heavy (non-hydrogen) atoms. The molecular formula is C16H24N2O5S2. The Balaban J connectivity index is 1.89. The number of hydrogen-bond acceptors (Lipinski definition) is 6. The van der Waals surface area contributed by atoms with E-state index < -0.39 is 25.9 Å².